The minimum atomic E-state index is -0.546. The second-order valence-corrected chi connectivity index (χ2v) is 7.51. The highest BCUT2D eigenvalue weighted by Crippen LogP contribution is 2.42. The van der Waals surface area contributed by atoms with Crippen molar-refractivity contribution in [2.45, 2.75) is 55.1 Å². The van der Waals surface area contributed by atoms with Crippen LogP contribution in [0.5, 0.6) is 0 Å². The van der Waals surface area contributed by atoms with Crippen LogP contribution in [0.2, 0.25) is 0 Å². The van der Waals surface area contributed by atoms with Crippen molar-refractivity contribution in [2.75, 3.05) is 6.61 Å². The van der Waals surface area contributed by atoms with Crippen molar-refractivity contribution in [2.24, 2.45) is 5.92 Å². The molecule has 2 rings (SSSR count). The lowest BCUT2D eigenvalue weighted by molar-refractivity contribution is 0.215. The summed E-state index contributed by atoms with van der Waals surface area (Å²) in [4.78, 5) is 1.10. The number of aliphatic hydroxyl groups is 1. The van der Waals surface area contributed by atoms with Crippen LogP contribution in [0.4, 0.5) is 0 Å². The van der Waals surface area contributed by atoms with E-state index in [1.165, 1.54) is 19.3 Å². The smallest absolute Gasteiger partial charge is 0.112 e. The fourth-order valence-corrected chi connectivity index (χ4v) is 4.26. The molecule has 118 valence electrons. The third kappa shape index (κ3) is 4.38. The van der Waals surface area contributed by atoms with Crippen molar-refractivity contribution in [3.05, 3.63) is 42.0 Å². The molecular formula is C19H25NOS. The van der Waals surface area contributed by atoms with Gasteiger partial charge in [0.2, 0.25) is 0 Å². The van der Waals surface area contributed by atoms with Gasteiger partial charge in [0.25, 0.3) is 0 Å². The number of nitriles is 1. The first kappa shape index (κ1) is 17.1. The van der Waals surface area contributed by atoms with Gasteiger partial charge in [-0.05, 0) is 50.7 Å². The van der Waals surface area contributed by atoms with Gasteiger partial charge in [-0.15, -0.1) is 11.8 Å². The Bertz CT molecular complexity index is 534. The van der Waals surface area contributed by atoms with Crippen molar-refractivity contribution >= 4 is 11.8 Å². The molecule has 0 aromatic heterocycles. The van der Waals surface area contributed by atoms with Crippen molar-refractivity contribution in [1.29, 1.82) is 5.26 Å². The van der Waals surface area contributed by atoms with Crippen LogP contribution in [-0.4, -0.2) is 16.5 Å². The Kier molecular flexibility index (Phi) is 6.54. The minimum Gasteiger partial charge on any atom is -0.396 e. The van der Waals surface area contributed by atoms with Crippen molar-refractivity contribution < 1.29 is 5.11 Å². The fourth-order valence-electron chi connectivity index (χ4n) is 2.98. The van der Waals surface area contributed by atoms with E-state index in [1.807, 2.05) is 37.3 Å². The van der Waals surface area contributed by atoms with E-state index in [2.05, 4.69) is 12.1 Å². The zero-order chi connectivity index (χ0) is 15.8. The standard InChI is InChI=1S/C19H25NOS/c1-16(14-21)19(15-20,22-18-11-3-2-4-12-18)13-7-10-17-8-5-6-9-17/h2-4,8,11-12,16,21H,5-7,9-10,13-14H2,1H3/t16-,19?/m1/s1. The maximum atomic E-state index is 9.83. The predicted octanol–water partition coefficient (Wildman–Crippen LogP) is 4.95. The molecule has 0 saturated heterocycles. The summed E-state index contributed by atoms with van der Waals surface area (Å²) in [6, 6.07) is 12.6. The molecule has 0 spiro atoms. The summed E-state index contributed by atoms with van der Waals surface area (Å²) in [6.07, 6.45) is 9.01. The van der Waals surface area contributed by atoms with Gasteiger partial charge in [0.1, 0.15) is 4.75 Å². The fraction of sp³-hybridized carbons (Fsp3) is 0.526. The molecule has 22 heavy (non-hydrogen) atoms. The highest BCUT2D eigenvalue weighted by atomic mass is 32.2. The Morgan fingerprint density at radius 1 is 1.36 bits per heavy atom. The summed E-state index contributed by atoms with van der Waals surface area (Å²) in [5, 5.41) is 19.4. The lowest BCUT2D eigenvalue weighted by atomic mass is 9.89. The molecule has 3 heteroatoms. The molecule has 0 amide bonds. The molecule has 0 bridgehead atoms. The molecular weight excluding hydrogens is 290 g/mol. The van der Waals surface area contributed by atoms with E-state index in [-0.39, 0.29) is 12.5 Å². The number of aliphatic hydroxyl groups excluding tert-OH is 1. The molecule has 2 nitrogen and oxygen atoms in total. The van der Waals surface area contributed by atoms with Gasteiger partial charge < -0.3 is 5.11 Å². The van der Waals surface area contributed by atoms with Crippen molar-refractivity contribution in [3.8, 4) is 6.07 Å². The number of benzene rings is 1. The number of thioether (sulfide) groups is 1. The molecule has 1 aliphatic rings. The number of nitrogens with zero attached hydrogens (tertiary/aromatic N) is 1. The van der Waals surface area contributed by atoms with Gasteiger partial charge in [0.15, 0.2) is 0 Å². The highest BCUT2D eigenvalue weighted by molar-refractivity contribution is 8.01. The van der Waals surface area contributed by atoms with E-state index in [0.29, 0.717) is 0 Å². The molecule has 0 radical (unpaired) electrons. The molecule has 1 aliphatic carbocycles. The predicted molar refractivity (Wildman–Crippen MR) is 92.7 cm³/mol. The van der Waals surface area contributed by atoms with Gasteiger partial charge in [-0.3, -0.25) is 0 Å². The molecule has 1 unspecified atom stereocenters. The van der Waals surface area contributed by atoms with Crippen LogP contribution >= 0.6 is 11.8 Å². The minimum absolute atomic E-state index is 0.0414. The summed E-state index contributed by atoms with van der Waals surface area (Å²) in [7, 11) is 0. The van der Waals surface area contributed by atoms with Crippen molar-refractivity contribution in [3.63, 3.8) is 0 Å². The van der Waals surface area contributed by atoms with E-state index in [4.69, 9.17) is 0 Å². The average molecular weight is 315 g/mol. The summed E-state index contributed by atoms with van der Waals surface area (Å²) < 4.78 is -0.546. The van der Waals surface area contributed by atoms with Gasteiger partial charge >= 0.3 is 0 Å². The van der Waals surface area contributed by atoms with Gasteiger partial charge in [-0.2, -0.15) is 5.26 Å². The van der Waals surface area contributed by atoms with Gasteiger partial charge in [0, 0.05) is 17.4 Å². The SMILES string of the molecule is C[C@H](CO)C(C#N)(CCCC1=CCCC1)Sc1ccccc1. The van der Waals surface area contributed by atoms with E-state index in [1.54, 1.807) is 17.3 Å². The highest BCUT2D eigenvalue weighted by Gasteiger charge is 2.37. The maximum absolute atomic E-state index is 9.83. The number of rotatable bonds is 8. The molecule has 2 atom stereocenters. The molecule has 0 aliphatic heterocycles. The summed E-state index contributed by atoms with van der Waals surface area (Å²) in [6.45, 7) is 2.03. The molecule has 1 aromatic rings. The Labute approximate surface area is 138 Å². The van der Waals surface area contributed by atoms with Crippen LogP contribution < -0.4 is 0 Å². The van der Waals surface area contributed by atoms with Gasteiger partial charge in [-0.25, -0.2) is 0 Å². The number of allylic oxidation sites excluding steroid dienone is 2. The summed E-state index contributed by atoms with van der Waals surface area (Å²) in [5.41, 5.74) is 1.55. The van der Waals surface area contributed by atoms with Gasteiger partial charge in [0.05, 0.1) is 6.07 Å². The lowest BCUT2D eigenvalue weighted by Crippen LogP contribution is -2.33. The van der Waals surface area contributed by atoms with Crippen LogP contribution in [-0.2, 0) is 0 Å². The van der Waals surface area contributed by atoms with Crippen LogP contribution in [0.25, 0.3) is 0 Å². The second kappa shape index (κ2) is 8.41. The van der Waals surface area contributed by atoms with E-state index < -0.39 is 4.75 Å². The molecule has 0 heterocycles. The number of hydrogen-bond donors (Lipinski definition) is 1. The first-order valence-corrected chi connectivity index (χ1v) is 8.96. The third-order valence-electron chi connectivity index (χ3n) is 4.48. The van der Waals surface area contributed by atoms with Crippen LogP contribution in [0.3, 0.4) is 0 Å². The number of hydrogen-bond acceptors (Lipinski definition) is 3. The zero-order valence-electron chi connectivity index (χ0n) is 13.3. The van der Waals surface area contributed by atoms with E-state index in [9.17, 15) is 10.4 Å². The Hall–Kier alpha value is -1.24. The third-order valence-corrected chi connectivity index (χ3v) is 6.05. The molecule has 1 aromatic carbocycles. The maximum Gasteiger partial charge on any atom is 0.112 e. The molecule has 1 N–H and O–H groups in total. The van der Waals surface area contributed by atoms with E-state index in [0.717, 1.165) is 24.2 Å². The Balaban J connectivity index is 2.05. The topological polar surface area (TPSA) is 44.0 Å². The molecule has 0 fully saturated rings. The van der Waals surface area contributed by atoms with Crippen LogP contribution in [0.1, 0.15) is 45.4 Å². The van der Waals surface area contributed by atoms with Crippen molar-refractivity contribution in [1.82, 2.24) is 0 Å². The average Bonchev–Trinajstić information content (AvgIpc) is 3.07. The first-order chi connectivity index (χ1) is 10.7. The zero-order valence-corrected chi connectivity index (χ0v) is 14.1. The monoisotopic (exact) mass is 315 g/mol. The van der Waals surface area contributed by atoms with Crippen LogP contribution in [0, 0.1) is 17.2 Å². The molecule has 0 saturated carbocycles. The second-order valence-electron chi connectivity index (χ2n) is 6.11. The summed E-state index contributed by atoms with van der Waals surface area (Å²) in [5.74, 6) is -0.0414. The van der Waals surface area contributed by atoms with E-state index >= 15 is 0 Å². The Morgan fingerprint density at radius 3 is 2.73 bits per heavy atom. The largest absolute Gasteiger partial charge is 0.396 e. The normalized spacial score (nSPS) is 18.3. The van der Waals surface area contributed by atoms with Gasteiger partial charge in [-0.1, -0.05) is 36.8 Å². The van der Waals surface area contributed by atoms with Crippen LogP contribution in [0.15, 0.2) is 46.9 Å². The lowest BCUT2D eigenvalue weighted by Gasteiger charge is -2.31. The quantitative estimate of drug-likeness (QED) is 0.545. The first-order valence-electron chi connectivity index (χ1n) is 8.14. The summed E-state index contributed by atoms with van der Waals surface area (Å²) >= 11 is 1.61. The Morgan fingerprint density at radius 2 is 2.14 bits per heavy atom.